The van der Waals surface area contributed by atoms with Gasteiger partial charge in [0.05, 0.1) is 19.8 Å². The van der Waals surface area contributed by atoms with Crippen LogP contribution in [0.15, 0.2) is 0 Å². The Bertz CT molecular complexity index is 175. The van der Waals surface area contributed by atoms with Crippen LogP contribution in [0.2, 0.25) is 0 Å². The number of hydrogen-bond acceptors (Lipinski definition) is 4. The highest BCUT2D eigenvalue weighted by Crippen LogP contribution is 2.33. The molecule has 0 N–H and O–H groups in total. The Kier molecular flexibility index (Phi) is 4.51. The standard InChI is InChI=1S/C10H18O4/c1-3-10(13-6-7-14-10)9(4-5-11)8-12-2/h5,9H,3-4,6-8H2,1-2H3. The summed E-state index contributed by atoms with van der Waals surface area (Å²) in [5.74, 6) is -0.603. The Morgan fingerprint density at radius 2 is 2.14 bits per heavy atom. The molecule has 0 aromatic rings. The highest BCUT2D eigenvalue weighted by molar-refractivity contribution is 5.50. The van der Waals surface area contributed by atoms with Gasteiger partial charge >= 0.3 is 0 Å². The Hall–Kier alpha value is -0.450. The molecule has 1 fully saturated rings. The molecule has 1 aliphatic heterocycles. The normalized spacial score (nSPS) is 22.1. The summed E-state index contributed by atoms with van der Waals surface area (Å²) in [5.41, 5.74) is 0. The minimum absolute atomic E-state index is 0.00231. The molecule has 0 saturated carbocycles. The van der Waals surface area contributed by atoms with Gasteiger partial charge < -0.3 is 19.0 Å². The van der Waals surface area contributed by atoms with Crippen molar-refractivity contribution in [1.29, 1.82) is 0 Å². The molecule has 0 aliphatic carbocycles. The molecule has 0 aromatic carbocycles. The Morgan fingerprint density at radius 1 is 1.50 bits per heavy atom. The largest absolute Gasteiger partial charge is 0.384 e. The molecule has 14 heavy (non-hydrogen) atoms. The first-order chi connectivity index (χ1) is 6.79. The van der Waals surface area contributed by atoms with Crippen LogP contribution in [0.5, 0.6) is 0 Å². The fourth-order valence-electron chi connectivity index (χ4n) is 1.89. The van der Waals surface area contributed by atoms with Crippen molar-refractivity contribution in [2.75, 3.05) is 26.9 Å². The van der Waals surface area contributed by atoms with E-state index in [9.17, 15) is 4.79 Å². The van der Waals surface area contributed by atoms with E-state index in [1.807, 2.05) is 6.92 Å². The van der Waals surface area contributed by atoms with Crippen LogP contribution in [-0.2, 0) is 19.0 Å². The SMILES string of the molecule is CCC1(C(CC=O)COC)OCCO1. The summed E-state index contributed by atoms with van der Waals surface area (Å²) in [6.45, 7) is 3.70. The van der Waals surface area contributed by atoms with Crippen LogP contribution < -0.4 is 0 Å². The van der Waals surface area contributed by atoms with Gasteiger partial charge in [-0.25, -0.2) is 0 Å². The zero-order valence-electron chi connectivity index (χ0n) is 8.82. The van der Waals surface area contributed by atoms with Gasteiger partial charge in [0.1, 0.15) is 6.29 Å². The van der Waals surface area contributed by atoms with E-state index in [1.54, 1.807) is 7.11 Å². The summed E-state index contributed by atoms with van der Waals surface area (Å²) in [7, 11) is 1.62. The predicted molar refractivity (Wildman–Crippen MR) is 51.0 cm³/mol. The first-order valence-electron chi connectivity index (χ1n) is 4.99. The Labute approximate surface area is 84.5 Å². The van der Waals surface area contributed by atoms with Gasteiger partial charge in [0.25, 0.3) is 0 Å². The molecule has 1 heterocycles. The highest BCUT2D eigenvalue weighted by Gasteiger charge is 2.42. The lowest BCUT2D eigenvalue weighted by Crippen LogP contribution is -2.41. The maximum atomic E-state index is 10.5. The van der Waals surface area contributed by atoms with Crippen LogP contribution in [0.4, 0.5) is 0 Å². The van der Waals surface area contributed by atoms with E-state index in [0.29, 0.717) is 26.2 Å². The van der Waals surface area contributed by atoms with Crippen molar-refractivity contribution in [3.63, 3.8) is 0 Å². The number of hydrogen-bond donors (Lipinski definition) is 0. The molecule has 0 spiro atoms. The predicted octanol–water partition coefficient (Wildman–Crippen LogP) is 0.991. The van der Waals surface area contributed by atoms with Gasteiger partial charge in [0.2, 0.25) is 0 Å². The van der Waals surface area contributed by atoms with Crippen molar-refractivity contribution < 1.29 is 19.0 Å². The fraction of sp³-hybridized carbons (Fsp3) is 0.900. The lowest BCUT2D eigenvalue weighted by Gasteiger charge is -2.33. The van der Waals surface area contributed by atoms with Gasteiger partial charge in [0.15, 0.2) is 5.79 Å². The summed E-state index contributed by atoms with van der Waals surface area (Å²) in [6, 6.07) is 0. The number of carbonyl (C=O) groups excluding carboxylic acids is 1. The third-order valence-corrected chi connectivity index (χ3v) is 2.64. The van der Waals surface area contributed by atoms with Crippen LogP contribution in [0, 0.1) is 5.92 Å². The van der Waals surface area contributed by atoms with Crippen molar-refractivity contribution in [3.05, 3.63) is 0 Å². The number of aldehydes is 1. The van der Waals surface area contributed by atoms with Crippen molar-refractivity contribution >= 4 is 6.29 Å². The molecule has 1 saturated heterocycles. The molecule has 1 aliphatic rings. The van der Waals surface area contributed by atoms with Gasteiger partial charge in [-0.2, -0.15) is 0 Å². The second kappa shape index (κ2) is 5.44. The van der Waals surface area contributed by atoms with Crippen LogP contribution in [-0.4, -0.2) is 39.0 Å². The molecule has 0 amide bonds. The van der Waals surface area contributed by atoms with Gasteiger partial charge in [-0.15, -0.1) is 0 Å². The molecule has 82 valence electrons. The summed E-state index contributed by atoms with van der Waals surface area (Å²) in [6.07, 6.45) is 2.06. The van der Waals surface area contributed by atoms with Crippen molar-refractivity contribution in [1.82, 2.24) is 0 Å². The van der Waals surface area contributed by atoms with E-state index in [0.717, 1.165) is 12.7 Å². The monoisotopic (exact) mass is 202 g/mol. The summed E-state index contributed by atoms with van der Waals surface area (Å²) >= 11 is 0. The minimum Gasteiger partial charge on any atom is -0.384 e. The molecule has 0 aromatic heterocycles. The van der Waals surface area contributed by atoms with E-state index < -0.39 is 5.79 Å². The minimum atomic E-state index is -0.600. The summed E-state index contributed by atoms with van der Waals surface area (Å²) < 4.78 is 16.3. The molecule has 4 nitrogen and oxygen atoms in total. The number of carbonyl (C=O) groups is 1. The number of rotatable bonds is 6. The zero-order valence-corrected chi connectivity index (χ0v) is 8.82. The van der Waals surface area contributed by atoms with E-state index in [1.165, 1.54) is 0 Å². The molecule has 1 rings (SSSR count). The molecule has 4 heteroatoms. The second-order valence-corrected chi connectivity index (χ2v) is 3.42. The van der Waals surface area contributed by atoms with E-state index >= 15 is 0 Å². The number of methoxy groups -OCH3 is 1. The quantitative estimate of drug-likeness (QED) is 0.602. The molecule has 1 atom stereocenters. The lowest BCUT2D eigenvalue weighted by atomic mass is 9.94. The third-order valence-electron chi connectivity index (χ3n) is 2.64. The van der Waals surface area contributed by atoms with Gasteiger partial charge in [-0.1, -0.05) is 6.92 Å². The highest BCUT2D eigenvalue weighted by atomic mass is 16.7. The average molecular weight is 202 g/mol. The van der Waals surface area contributed by atoms with Crippen LogP contribution in [0.25, 0.3) is 0 Å². The first kappa shape index (κ1) is 11.6. The van der Waals surface area contributed by atoms with Crippen molar-refractivity contribution in [2.45, 2.75) is 25.6 Å². The van der Waals surface area contributed by atoms with Gasteiger partial charge in [0, 0.05) is 19.4 Å². The first-order valence-corrected chi connectivity index (χ1v) is 4.99. The topological polar surface area (TPSA) is 44.8 Å². The number of ether oxygens (including phenoxy) is 3. The fourth-order valence-corrected chi connectivity index (χ4v) is 1.89. The summed E-state index contributed by atoms with van der Waals surface area (Å²) in [5, 5.41) is 0. The van der Waals surface area contributed by atoms with Crippen LogP contribution >= 0.6 is 0 Å². The Balaban J connectivity index is 2.65. The molecular weight excluding hydrogens is 184 g/mol. The molecule has 1 unspecified atom stereocenters. The second-order valence-electron chi connectivity index (χ2n) is 3.42. The van der Waals surface area contributed by atoms with Crippen molar-refractivity contribution in [3.8, 4) is 0 Å². The zero-order chi connectivity index (χ0) is 10.4. The van der Waals surface area contributed by atoms with Crippen LogP contribution in [0.1, 0.15) is 19.8 Å². The van der Waals surface area contributed by atoms with E-state index in [2.05, 4.69) is 0 Å². The third kappa shape index (κ3) is 2.32. The molecular formula is C10H18O4. The lowest BCUT2D eigenvalue weighted by molar-refractivity contribution is -0.207. The van der Waals surface area contributed by atoms with Gasteiger partial charge in [-0.3, -0.25) is 0 Å². The maximum Gasteiger partial charge on any atom is 0.173 e. The van der Waals surface area contributed by atoms with E-state index in [-0.39, 0.29) is 5.92 Å². The van der Waals surface area contributed by atoms with Crippen LogP contribution in [0.3, 0.4) is 0 Å². The Morgan fingerprint density at radius 3 is 2.57 bits per heavy atom. The maximum absolute atomic E-state index is 10.5. The van der Waals surface area contributed by atoms with Crippen molar-refractivity contribution in [2.24, 2.45) is 5.92 Å². The molecule has 0 radical (unpaired) electrons. The average Bonchev–Trinajstić information content (AvgIpc) is 2.67. The molecule has 0 bridgehead atoms. The van der Waals surface area contributed by atoms with E-state index in [4.69, 9.17) is 14.2 Å². The summed E-state index contributed by atoms with van der Waals surface area (Å²) in [4.78, 5) is 10.5. The smallest absolute Gasteiger partial charge is 0.173 e. The van der Waals surface area contributed by atoms with Gasteiger partial charge in [-0.05, 0) is 6.42 Å².